The van der Waals surface area contributed by atoms with Gasteiger partial charge < -0.3 is 14.8 Å². The highest BCUT2D eigenvalue weighted by molar-refractivity contribution is 5.79. The average molecular weight is 380 g/mol. The van der Waals surface area contributed by atoms with Crippen LogP contribution in [-0.4, -0.2) is 60.3 Å². The van der Waals surface area contributed by atoms with Gasteiger partial charge in [0.15, 0.2) is 0 Å². The molecule has 0 unspecified atom stereocenters. The van der Waals surface area contributed by atoms with E-state index in [-0.39, 0.29) is 11.4 Å². The maximum Gasteiger partial charge on any atom is 0.453 e. The molecule has 0 bridgehead atoms. The zero-order valence-electron chi connectivity index (χ0n) is 13.8. The number of cyclic esters (lactones) is 1. The van der Waals surface area contributed by atoms with E-state index in [1.165, 1.54) is 0 Å². The minimum absolute atomic E-state index is 0.216. The SMILES string of the molecule is CN1[C@@H](CCNC(=O)OC(C)(C)C)C(=O)OC1(C(F)(F)F)C(F)(F)F. The lowest BCUT2D eigenvalue weighted by Crippen LogP contribution is -2.65. The van der Waals surface area contributed by atoms with Crippen LogP contribution in [0.5, 0.6) is 0 Å². The van der Waals surface area contributed by atoms with Crippen LogP contribution in [0.25, 0.3) is 0 Å². The van der Waals surface area contributed by atoms with E-state index in [9.17, 15) is 35.9 Å². The summed E-state index contributed by atoms with van der Waals surface area (Å²) < 4.78 is 86.7. The van der Waals surface area contributed by atoms with Crippen LogP contribution in [0.15, 0.2) is 0 Å². The van der Waals surface area contributed by atoms with Gasteiger partial charge in [0.1, 0.15) is 11.6 Å². The topological polar surface area (TPSA) is 67.9 Å². The number of likely N-dealkylation sites (N-methyl/N-ethyl adjacent to an activating group) is 1. The van der Waals surface area contributed by atoms with Gasteiger partial charge in [-0.25, -0.2) is 9.69 Å². The van der Waals surface area contributed by atoms with Gasteiger partial charge in [0, 0.05) is 6.54 Å². The van der Waals surface area contributed by atoms with Crippen molar-refractivity contribution in [1.29, 1.82) is 0 Å². The molecule has 0 aromatic heterocycles. The summed E-state index contributed by atoms with van der Waals surface area (Å²) in [4.78, 5) is 22.8. The number of nitrogens with zero attached hydrogens (tertiary/aromatic N) is 1. The van der Waals surface area contributed by atoms with Crippen molar-refractivity contribution in [3.63, 3.8) is 0 Å². The number of rotatable bonds is 3. The lowest BCUT2D eigenvalue weighted by Gasteiger charge is -2.37. The molecule has 0 spiro atoms. The maximum absolute atomic E-state index is 13.0. The first-order valence-corrected chi connectivity index (χ1v) is 7.09. The second-order valence-electron chi connectivity index (χ2n) is 6.40. The third kappa shape index (κ3) is 4.28. The van der Waals surface area contributed by atoms with Crippen LogP contribution in [-0.2, 0) is 14.3 Å². The molecule has 25 heavy (non-hydrogen) atoms. The molecular formula is C13H18F6N2O4. The Morgan fingerprint density at radius 1 is 1.20 bits per heavy atom. The van der Waals surface area contributed by atoms with E-state index in [0.29, 0.717) is 7.05 Å². The summed E-state index contributed by atoms with van der Waals surface area (Å²) in [6, 6.07) is -1.84. The number of alkyl carbamates (subject to hydrolysis) is 1. The minimum Gasteiger partial charge on any atom is -0.444 e. The van der Waals surface area contributed by atoms with E-state index in [1.807, 2.05) is 0 Å². The summed E-state index contributed by atoms with van der Waals surface area (Å²) in [6.45, 7) is 4.31. The third-order valence-corrected chi connectivity index (χ3v) is 3.34. The fraction of sp³-hybridized carbons (Fsp3) is 0.846. The Labute approximate surface area is 139 Å². The summed E-state index contributed by atoms with van der Waals surface area (Å²) in [6.07, 6.45) is -13.2. The van der Waals surface area contributed by atoms with E-state index < -0.39 is 48.2 Å². The van der Waals surface area contributed by atoms with Crippen molar-refractivity contribution < 1.29 is 45.4 Å². The molecule has 1 heterocycles. The van der Waals surface area contributed by atoms with Crippen LogP contribution in [0.1, 0.15) is 27.2 Å². The van der Waals surface area contributed by atoms with Crippen LogP contribution in [0.2, 0.25) is 0 Å². The van der Waals surface area contributed by atoms with Gasteiger partial charge in [0.05, 0.1) is 0 Å². The molecule has 1 atom stereocenters. The van der Waals surface area contributed by atoms with Gasteiger partial charge in [-0.2, -0.15) is 26.3 Å². The molecule has 0 aliphatic carbocycles. The molecule has 146 valence electrons. The molecule has 1 saturated heterocycles. The Morgan fingerprint density at radius 2 is 1.68 bits per heavy atom. The first kappa shape index (κ1) is 21.3. The highest BCUT2D eigenvalue weighted by Crippen LogP contribution is 2.51. The summed E-state index contributed by atoms with van der Waals surface area (Å²) in [5, 5.41) is 2.15. The number of esters is 1. The number of hydrogen-bond donors (Lipinski definition) is 1. The lowest BCUT2D eigenvalue weighted by molar-refractivity contribution is -0.398. The van der Waals surface area contributed by atoms with Crippen LogP contribution in [0, 0.1) is 0 Å². The van der Waals surface area contributed by atoms with E-state index in [2.05, 4.69) is 10.1 Å². The summed E-state index contributed by atoms with van der Waals surface area (Å²) >= 11 is 0. The van der Waals surface area contributed by atoms with Crippen molar-refractivity contribution in [1.82, 2.24) is 10.2 Å². The Bertz CT molecular complexity index is 512. The fourth-order valence-corrected chi connectivity index (χ4v) is 2.28. The van der Waals surface area contributed by atoms with Gasteiger partial charge in [0.2, 0.25) is 0 Å². The Hall–Kier alpha value is -1.72. The number of halogens is 6. The van der Waals surface area contributed by atoms with Gasteiger partial charge in [-0.3, -0.25) is 4.79 Å². The van der Waals surface area contributed by atoms with Crippen molar-refractivity contribution in [2.45, 2.75) is 56.9 Å². The molecule has 0 aromatic rings. The first-order chi connectivity index (χ1) is 11.0. The largest absolute Gasteiger partial charge is 0.453 e. The number of nitrogens with one attached hydrogen (secondary N) is 1. The number of ether oxygens (including phenoxy) is 2. The summed E-state index contributed by atoms with van der Waals surface area (Å²) in [5.74, 6) is -1.68. The van der Waals surface area contributed by atoms with Crippen LogP contribution in [0.3, 0.4) is 0 Å². The normalized spacial score (nSPS) is 21.8. The molecule has 1 aliphatic rings. The molecule has 0 aromatic carbocycles. The maximum atomic E-state index is 13.0. The molecule has 6 nitrogen and oxygen atoms in total. The van der Waals surface area contributed by atoms with Crippen LogP contribution < -0.4 is 5.32 Å². The van der Waals surface area contributed by atoms with Crippen molar-refractivity contribution in [2.75, 3.05) is 13.6 Å². The van der Waals surface area contributed by atoms with Gasteiger partial charge in [0.25, 0.3) is 0 Å². The second-order valence-corrected chi connectivity index (χ2v) is 6.40. The predicted molar refractivity (Wildman–Crippen MR) is 71.3 cm³/mol. The van der Waals surface area contributed by atoms with Crippen LogP contribution in [0.4, 0.5) is 31.1 Å². The van der Waals surface area contributed by atoms with Gasteiger partial charge in [-0.15, -0.1) is 0 Å². The Kier molecular flexibility index (Phi) is 5.58. The molecule has 1 rings (SSSR count). The van der Waals surface area contributed by atoms with Crippen molar-refractivity contribution >= 4 is 12.1 Å². The quantitative estimate of drug-likeness (QED) is 0.602. The van der Waals surface area contributed by atoms with E-state index >= 15 is 0 Å². The molecular weight excluding hydrogens is 362 g/mol. The molecule has 1 amide bonds. The standard InChI is InChI=1S/C13H18F6N2O4/c1-10(2,3)25-9(23)20-6-5-7-8(22)24-11(21(7)4,12(14,15)16)13(17,18)19/h7H,5-6H2,1-4H3,(H,20,23)/t7-/m0/s1. The highest BCUT2D eigenvalue weighted by atomic mass is 19.4. The van der Waals surface area contributed by atoms with E-state index in [1.54, 1.807) is 20.8 Å². The highest BCUT2D eigenvalue weighted by Gasteiger charge is 2.80. The van der Waals surface area contributed by atoms with Gasteiger partial charge in [-0.1, -0.05) is 0 Å². The smallest absolute Gasteiger partial charge is 0.444 e. The summed E-state index contributed by atoms with van der Waals surface area (Å²) in [5.41, 5.74) is -5.55. The number of carbonyl (C=O) groups excluding carboxylic acids is 2. The van der Waals surface area contributed by atoms with Crippen LogP contribution >= 0.6 is 0 Å². The third-order valence-electron chi connectivity index (χ3n) is 3.34. The summed E-state index contributed by atoms with van der Waals surface area (Å²) in [7, 11) is 0.490. The Balaban J connectivity index is 2.84. The number of hydrogen-bond acceptors (Lipinski definition) is 5. The van der Waals surface area contributed by atoms with E-state index in [4.69, 9.17) is 4.74 Å². The molecule has 0 saturated carbocycles. The first-order valence-electron chi connectivity index (χ1n) is 7.09. The average Bonchev–Trinajstić information content (AvgIpc) is 2.60. The number of amides is 1. The van der Waals surface area contributed by atoms with Gasteiger partial charge >= 0.3 is 30.1 Å². The molecule has 1 aliphatic heterocycles. The number of alkyl halides is 6. The number of carbonyl (C=O) groups is 2. The Morgan fingerprint density at radius 3 is 2.04 bits per heavy atom. The molecule has 1 N–H and O–H groups in total. The predicted octanol–water partition coefficient (Wildman–Crippen LogP) is 2.58. The zero-order chi connectivity index (χ0) is 19.8. The van der Waals surface area contributed by atoms with E-state index in [0.717, 1.165) is 0 Å². The second kappa shape index (κ2) is 6.54. The van der Waals surface area contributed by atoms with Gasteiger partial charge in [-0.05, 0) is 34.2 Å². The van der Waals surface area contributed by atoms with Crippen molar-refractivity contribution in [3.05, 3.63) is 0 Å². The molecule has 12 heteroatoms. The lowest BCUT2D eigenvalue weighted by atomic mass is 10.1. The molecule has 1 fully saturated rings. The molecule has 0 radical (unpaired) electrons. The monoisotopic (exact) mass is 380 g/mol. The van der Waals surface area contributed by atoms with Crippen molar-refractivity contribution in [2.24, 2.45) is 0 Å². The fourth-order valence-electron chi connectivity index (χ4n) is 2.28. The van der Waals surface area contributed by atoms with Crippen molar-refractivity contribution in [3.8, 4) is 0 Å². The zero-order valence-corrected chi connectivity index (χ0v) is 13.8. The minimum atomic E-state index is -5.89.